The number of benzene rings is 2. The van der Waals surface area contributed by atoms with Crippen LogP contribution < -0.4 is 20.1 Å². The summed E-state index contributed by atoms with van der Waals surface area (Å²) < 4.78 is 10.7. The van der Waals surface area contributed by atoms with Crippen LogP contribution in [0.5, 0.6) is 11.5 Å². The Balaban J connectivity index is 1.49. The number of ether oxygens (including phenoxy) is 2. The first-order valence-electron chi connectivity index (χ1n) is 8.86. The standard InChI is InChI=1S/C21H22N4O3/c1-15-3-5-16(6-4-15)24-20(26)19-11-12-22-21(25-19)23-13-14-28-18-9-7-17(27-2)8-10-18/h3-12H,13-14H2,1-2H3,(H,24,26)(H,22,23,25). The molecular weight excluding hydrogens is 356 g/mol. The van der Waals surface area contributed by atoms with Gasteiger partial charge in [0.15, 0.2) is 0 Å². The molecule has 0 bridgehead atoms. The number of hydrogen-bond donors (Lipinski definition) is 2. The Kier molecular flexibility index (Phi) is 6.41. The maximum atomic E-state index is 12.4. The average molecular weight is 378 g/mol. The number of methoxy groups -OCH3 is 1. The highest BCUT2D eigenvalue weighted by molar-refractivity contribution is 6.02. The molecule has 7 heteroatoms. The van der Waals surface area contributed by atoms with E-state index >= 15 is 0 Å². The van der Waals surface area contributed by atoms with Crippen LogP contribution in [0.4, 0.5) is 11.6 Å². The fraction of sp³-hybridized carbons (Fsp3) is 0.190. The average Bonchev–Trinajstić information content (AvgIpc) is 2.73. The normalized spacial score (nSPS) is 10.2. The first-order valence-corrected chi connectivity index (χ1v) is 8.86. The maximum Gasteiger partial charge on any atom is 0.274 e. The van der Waals surface area contributed by atoms with Crippen molar-refractivity contribution in [3.8, 4) is 11.5 Å². The highest BCUT2D eigenvalue weighted by Gasteiger charge is 2.09. The summed E-state index contributed by atoms with van der Waals surface area (Å²) in [6, 6.07) is 16.5. The van der Waals surface area contributed by atoms with E-state index in [1.807, 2.05) is 55.5 Å². The Morgan fingerprint density at radius 2 is 1.71 bits per heavy atom. The van der Waals surface area contributed by atoms with Crippen molar-refractivity contribution in [2.24, 2.45) is 0 Å². The first kappa shape index (κ1) is 19.2. The van der Waals surface area contributed by atoms with E-state index in [1.165, 1.54) is 0 Å². The van der Waals surface area contributed by atoms with Crippen LogP contribution in [0.3, 0.4) is 0 Å². The highest BCUT2D eigenvalue weighted by atomic mass is 16.5. The zero-order valence-electron chi connectivity index (χ0n) is 15.8. The predicted molar refractivity (Wildman–Crippen MR) is 108 cm³/mol. The molecule has 0 fully saturated rings. The Morgan fingerprint density at radius 3 is 2.43 bits per heavy atom. The van der Waals surface area contributed by atoms with E-state index in [0.717, 1.165) is 22.7 Å². The van der Waals surface area contributed by atoms with Gasteiger partial charge in [-0.15, -0.1) is 0 Å². The molecule has 1 amide bonds. The number of rotatable bonds is 8. The predicted octanol–water partition coefficient (Wildman–Crippen LogP) is 3.54. The molecule has 2 N–H and O–H groups in total. The minimum Gasteiger partial charge on any atom is -0.497 e. The Bertz CT molecular complexity index is 912. The molecule has 2 aromatic carbocycles. The van der Waals surface area contributed by atoms with Crippen LogP contribution in [0.25, 0.3) is 0 Å². The van der Waals surface area contributed by atoms with Crippen molar-refractivity contribution in [1.82, 2.24) is 9.97 Å². The molecule has 3 rings (SSSR count). The number of aryl methyl sites for hydroxylation is 1. The zero-order chi connectivity index (χ0) is 19.8. The third-order valence-corrected chi connectivity index (χ3v) is 3.91. The second-order valence-corrected chi connectivity index (χ2v) is 6.04. The number of hydrogen-bond acceptors (Lipinski definition) is 6. The molecule has 0 saturated heterocycles. The van der Waals surface area contributed by atoms with Crippen LogP contribution >= 0.6 is 0 Å². The lowest BCUT2D eigenvalue weighted by atomic mass is 10.2. The third-order valence-electron chi connectivity index (χ3n) is 3.91. The summed E-state index contributed by atoms with van der Waals surface area (Å²) in [5.41, 5.74) is 2.13. The number of nitrogens with one attached hydrogen (secondary N) is 2. The molecule has 144 valence electrons. The van der Waals surface area contributed by atoms with E-state index in [0.29, 0.717) is 19.1 Å². The molecule has 0 atom stereocenters. The van der Waals surface area contributed by atoms with Crippen LogP contribution in [0.1, 0.15) is 16.1 Å². The van der Waals surface area contributed by atoms with Gasteiger partial charge in [-0.25, -0.2) is 9.97 Å². The number of amides is 1. The van der Waals surface area contributed by atoms with Crippen LogP contribution in [-0.4, -0.2) is 36.1 Å². The molecule has 0 spiro atoms. The van der Waals surface area contributed by atoms with Crippen LogP contribution in [0, 0.1) is 6.92 Å². The molecule has 0 unspecified atom stereocenters. The van der Waals surface area contributed by atoms with Gasteiger partial charge in [-0.2, -0.15) is 0 Å². The zero-order valence-corrected chi connectivity index (χ0v) is 15.8. The molecule has 0 saturated carbocycles. The van der Waals surface area contributed by atoms with Gasteiger partial charge in [-0.3, -0.25) is 4.79 Å². The first-order chi connectivity index (χ1) is 13.6. The van der Waals surface area contributed by atoms with Gasteiger partial charge in [-0.1, -0.05) is 17.7 Å². The van der Waals surface area contributed by atoms with Crippen molar-refractivity contribution < 1.29 is 14.3 Å². The Labute approximate surface area is 163 Å². The smallest absolute Gasteiger partial charge is 0.274 e. The molecule has 28 heavy (non-hydrogen) atoms. The maximum absolute atomic E-state index is 12.4. The lowest BCUT2D eigenvalue weighted by molar-refractivity contribution is 0.102. The van der Waals surface area contributed by atoms with E-state index in [1.54, 1.807) is 19.4 Å². The van der Waals surface area contributed by atoms with Crippen molar-refractivity contribution in [2.45, 2.75) is 6.92 Å². The molecule has 3 aromatic rings. The van der Waals surface area contributed by atoms with Crippen molar-refractivity contribution in [2.75, 3.05) is 30.9 Å². The van der Waals surface area contributed by atoms with Gasteiger partial charge in [0.05, 0.1) is 13.7 Å². The second-order valence-electron chi connectivity index (χ2n) is 6.04. The second kappa shape index (κ2) is 9.36. The SMILES string of the molecule is COc1ccc(OCCNc2nccc(C(=O)Nc3ccc(C)cc3)n2)cc1. The van der Waals surface area contributed by atoms with E-state index < -0.39 is 0 Å². The molecular formula is C21H22N4O3. The summed E-state index contributed by atoms with van der Waals surface area (Å²) in [5.74, 6) is 1.60. The summed E-state index contributed by atoms with van der Waals surface area (Å²) in [6.45, 7) is 2.91. The van der Waals surface area contributed by atoms with E-state index in [4.69, 9.17) is 9.47 Å². The van der Waals surface area contributed by atoms with Gasteiger partial charge in [-0.05, 0) is 49.4 Å². The Hall–Kier alpha value is -3.61. The van der Waals surface area contributed by atoms with Crippen molar-refractivity contribution >= 4 is 17.5 Å². The van der Waals surface area contributed by atoms with Gasteiger partial charge in [0.1, 0.15) is 23.8 Å². The number of anilines is 2. The Morgan fingerprint density at radius 1 is 1.00 bits per heavy atom. The van der Waals surface area contributed by atoms with Gasteiger partial charge in [0.25, 0.3) is 5.91 Å². The molecule has 0 aliphatic heterocycles. The topological polar surface area (TPSA) is 85.4 Å². The monoisotopic (exact) mass is 378 g/mol. The van der Waals surface area contributed by atoms with E-state index in [9.17, 15) is 4.79 Å². The summed E-state index contributed by atoms with van der Waals surface area (Å²) in [7, 11) is 1.62. The van der Waals surface area contributed by atoms with Crippen molar-refractivity contribution in [1.29, 1.82) is 0 Å². The molecule has 7 nitrogen and oxygen atoms in total. The molecule has 1 aromatic heterocycles. The summed E-state index contributed by atoms with van der Waals surface area (Å²) in [4.78, 5) is 20.7. The lowest BCUT2D eigenvalue weighted by Crippen LogP contribution is -2.17. The summed E-state index contributed by atoms with van der Waals surface area (Å²) >= 11 is 0. The fourth-order valence-corrected chi connectivity index (χ4v) is 2.41. The van der Waals surface area contributed by atoms with Crippen molar-refractivity contribution in [3.63, 3.8) is 0 Å². The largest absolute Gasteiger partial charge is 0.497 e. The lowest BCUT2D eigenvalue weighted by Gasteiger charge is -2.09. The quantitative estimate of drug-likeness (QED) is 0.583. The van der Waals surface area contributed by atoms with Gasteiger partial charge < -0.3 is 20.1 Å². The van der Waals surface area contributed by atoms with Gasteiger partial charge in [0.2, 0.25) is 5.95 Å². The van der Waals surface area contributed by atoms with Crippen molar-refractivity contribution in [3.05, 3.63) is 72.1 Å². The highest BCUT2D eigenvalue weighted by Crippen LogP contribution is 2.16. The fourth-order valence-electron chi connectivity index (χ4n) is 2.41. The summed E-state index contributed by atoms with van der Waals surface area (Å²) in [6.07, 6.45) is 1.55. The molecule has 0 radical (unpaired) electrons. The number of aromatic nitrogens is 2. The van der Waals surface area contributed by atoms with Gasteiger partial charge in [0, 0.05) is 11.9 Å². The minimum atomic E-state index is -0.288. The minimum absolute atomic E-state index is 0.286. The molecule has 0 aliphatic carbocycles. The van der Waals surface area contributed by atoms with Crippen LogP contribution in [0.15, 0.2) is 60.8 Å². The van der Waals surface area contributed by atoms with Crippen LogP contribution in [-0.2, 0) is 0 Å². The summed E-state index contributed by atoms with van der Waals surface area (Å²) in [5, 5.41) is 5.87. The van der Waals surface area contributed by atoms with Crippen LogP contribution in [0.2, 0.25) is 0 Å². The van der Waals surface area contributed by atoms with E-state index in [-0.39, 0.29) is 11.6 Å². The molecule has 1 heterocycles. The number of nitrogens with zero attached hydrogens (tertiary/aromatic N) is 2. The third kappa shape index (κ3) is 5.44. The molecule has 0 aliphatic rings. The number of carbonyl (C=O) groups excluding carboxylic acids is 1. The van der Waals surface area contributed by atoms with E-state index in [2.05, 4.69) is 20.6 Å². The number of carbonyl (C=O) groups is 1. The van der Waals surface area contributed by atoms with Gasteiger partial charge >= 0.3 is 0 Å².